The second kappa shape index (κ2) is 5.54. The molecule has 104 valence electrons. The van der Waals surface area contributed by atoms with Gasteiger partial charge in [0.05, 0.1) is 11.1 Å². The number of hydrogen-bond acceptors (Lipinski definition) is 4. The summed E-state index contributed by atoms with van der Waals surface area (Å²) < 4.78 is 0. The van der Waals surface area contributed by atoms with E-state index in [-0.39, 0.29) is 0 Å². The van der Waals surface area contributed by atoms with Crippen molar-refractivity contribution in [3.05, 3.63) is 59.9 Å². The fourth-order valence-corrected chi connectivity index (χ4v) is 3.01. The lowest BCUT2D eigenvalue weighted by Gasteiger charge is -2.08. The number of carboxylic acids is 1. The van der Waals surface area contributed by atoms with Crippen molar-refractivity contribution in [3.8, 4) is 0 Å². The average Bonchev–Trinajstić information content (AvgIpc) is 2.49. The number of aryl methyl sites for hydroxylation is 1. The number of benzene rings is 2. The summed E-state index contributed by atoms with van der Waals surface area (Å²) in [6, 6.07) is 12.9. The summed E-state index contributed by atoms with van der Waals surface area (Å²) in [6.45, 7) is 1.90. The fraction of sp³-hybridized carbons (Fsp3) is 0.0625. The smallest absolute Gasteiger partial charge is 0.335 e. The van der Waals surface area contributed by atoms with Gasteiger partial charge in [0.2, 0.25) is 0 Å². The second-order valence-corrected chi connectivity index (χ2v) is 5.61. The molecule has 0 unspecified atom stereocenters. The molecule has 4 nitrogen and oxygen atoms in total. The zero-order valence-electron chi connectivity index (χ0n) is 11.3. The zero-order valence-corrected chi connectivity index (χ0v) is 12.1. The Bertz CT molecular complexity index is 828. The van der Waals surface area contributed by atoms with E-state index in [1.807, 2.05) is 37.3 Å². The zero-order chi connectivity index (χ0) is 14.8. The molecular formula is C16H12N2O2S. The van der Waals surface area contributed by atoms with Crippen LogP contribution in [0.4, 0.5) is 0 Å². The predicted molar refractivity (Wildman–Crippen MR) is 81.8 cm³/mol. The van der Waals surface area contributed by atoms with E-state index in [0.717, 1.165) is 26.4 Å². The first-order valence-corrected chi connectivity index (χ1v) is 7.18. The number of aromatic nitrogens is 2. The van der Waals surface area contributed by atoms with E-state index in [0.29, 0.717) is 5.56 Å². The van der Waals surface area contributed by atoms with Crippen molar-refractivity contribution in [2.75, 3.05) is 0 Å². The van der Waals surface area contributed by atoms with Crippen LogP contribution in [0.15, 0.2) is 58.7 Å². The molecule has 0 atom stereocenters. The van der Waals surface area contributed by atoms with E-state index >= 15 is 0 Å². The minimum absolute atomic E-state index is 0.296. The van der Waals surface area contributed by atoms with Crippen molar-refractivity contribution < 1.29 is 9.90 Å². The number of carbonyl (C=O) groups is 1. The van der Waals surface area contributed by atoms with Gasteiger partial charge in [-0.25, -0.2) is 14.8 Å². The van der Waals surface area contributed by atoms with E-state index in [2.05, 4.69) is 9.97 Å². The number of aromatic carboxylic acids is 1. The molecule has 0 saturated heterocycles. The third kappa shape index (κ3) is 2.73. The third-order valence-electron chi connectivity index (χ3n) is 3.13. The number of nitrogens with zero attached hydrogens (tertiary/aromatic N) is 2. The molecule has 0 saturated carbocycles. The summed E-state index contributed by atoms with van der Waals surface area (Å²) in [7, 11) is 0. The van der Waals surface area contributed by atoms with Crippen LogP contribution in [0.25, 0.3) is 10.9 Å². The molecule has 1 heterocycles. The Hall–Kier alpha value is -2.40. The lowest BCUT2D eigenvalue weighted by molar-refractivity contribution is 0.0696. The van der Waals surface area contributed by atoms with Gasteiger partial charge in [-0.1, -0.05) is 30.0 Å². The number of fused-ring (bicyclic) bond motifs is 1. The van der Waals surface area contributed by atoms with Crippen LogP contribution in [0.1, 0.15) is 15.9 Å². The molecule has 0 aliphatic rings. The van der Waals surface area contributed by atoms with Crippen molar-refractivity contribution in [2.24, 2.45) is 0 Å². The largest absolute Gasteiger partial charge is 0.478 e. The Labute approximate surface area is 125 Å². The Morgan fingerprint density at radius 3 is 2.71 bits per heavy atom. The van der Waals surface area contributed by atoms with E-state index in [1.165, 1.54) is 11.8 Å². The molecule has 0 aliphatic carbocycles. The molecule has 2 aromatic carbocycles. The summed E-state index contributed by atoms with van der Waals surface area (Å²) >= 11 is 1.52. The lowest BCUT2D eigenvalue weighted by Crippen LogP contribution is -1.97. The predicted octanol–water partition coefficient (Wildman–Crippen LogP) is 3.79. The van der Waals surface area contributed by atoms with Crippen molar-refractivity contribution in [2.45, 2.75) is 16.8 Å². The molecular weight excluding hydrogens is 284 g/mol. The summed E-state index contributed by atoms with van der Waals surface area (Å²) in [4.78, 5) is 20.5. The van der Waals surface area contributed by atoms with E-state index in [9.17, 15) is 4.79 Å². The third-order valence-corrected chi connectivity index (χ3v) is 4.33. The van der Waals surface area contributed by atoms with Crippen molar-refractivity contribution >= 4 is 28.6 Å². The molecule has 3 rings (SSSR count). The van der Waals surface area contributed by atoms with Gasteiger partial charge < -0.3 is 5.11 Å². The normalized spacial score (nSPS) is 10.7. The van der Waals surface area contributed by atoms with Crippen LogP contribution in [0.5, 0.6) is 0 Å². The Morgan fingerprint density at radius 2 is 1.95 bits per heavy atom. The average molecular weight is 296 g/mol. The van der Waals surface area contributed by atoms with Gasteiger partial charge in [-0.05, 0) is 36.8 Å². The molecule has 0 radical (unpaired) electrons. The maximum absolute atomic E-state index is 11.0. The molecule has 0 aliphatic heterocycles. The number of carboxylic acid groups (broad SMARTS) is 1. The topological polar surface area (TPSA) is 63.1 Å². The summed E-state index contributed by atoms with van der Waals surface area (Å²) in [6.07, 6.45) is 1.55. The van der Waals surface area contributed by atoms with Crippen molar-refractivity contribution in [3.63, 3.8) is 0 Å². The van der Waals surface area contributed by atoms with Crippen molar-refractivity contribution in [1.82, 2.24) is 9.97 Å². The molecule has 0 fully saturated rings. The van der Waals surface area contributed by atoms with Gasteiger partial charge in [0.25, 0.3) is 0 Å². The highest BCUT2D eigenvalue weighted by Crippen LogP contribution is 2.33. The van der Waals surface area contributed by atoms with Gasteiger partial charge in [0, 0.05) is 10.3 Å². The molecule has 1 aromatic heterocycles. The second-order valence-electron chi connectivity index (χ2n) is 4.58. The lowest BCUT2D eigenvalue weighted by atomic mass is 10.1. The highest BCUT2D eigenvalue weighted by atomic mass is 32.2. The van der Waals surface area contributed by atoms with E-state index < -0.39 is 5.97 Å². The van der Waals surface area contributed by atoms with Crippen LogP contribution in [-0.2, 0) is 0 Å². The molecule has 0 spiro atoms. The maximum Gasteiger partial charge on any atom is 0.335 e. The molecule has 21 heavy (non-hydrogen) atoms. The van der Waals surface area contributed by atoms with Gasteiger partial charge in [-0.2, -0.15) is 0 Å². The van der Waals surface area contributed by atoms with E-state index in [1.54, 1.807) is 18.5 Å². The minimum atomic E-state index is -0.915. The van der Waals surface area contributed by atoms with Crippen LogP contribution in [0.3, 0.4) is 0 Å². The highest BCUT2D eigenvalue weighted by molar-refractivity contribution is 7.99. The Balaban J connectivity index is 2.01. The van der Waals surface area contributed by atoms with Crippen LogP contribution in [0, 0.1) is 6.92 Å². The summed E-state index contributed by atoms with van der Waals surface area (Å²) in [5.41, 5.74) is 2.11. The van der Waals surface area contributed by atoms with Crippen LogP contribution in [-0.4, -0.2) is 21.0 Å². The van der Waals surface area contributed by atoms with Gasteiger partial charge in [0.1, 0.15) is 11.4 Å². The van der Waals surface area contributed by atoms with Crippen molar-refractivity contribution in [1.29, 1.82) is 0 Å². The van der Waals surface area contributed by atoms with Crippen LogP contribution in [0.2, 0.25) is 0 Å². The first kappa shape index (κ1) is 13.6. The molecule has 1 N–H and O–H groups in total. The standard InChI is InChI=1S/C16H12N2O2S/c1-10-8-11(16(19)20)6-7-14(10)21-15-12-4-2-3-5-13(12)17-9-18-15/h2-9H,1H3,(H,19,20). The van der Waals surface area contributed by atoms with Gasteiger partial charge in [-0.15, -0.1) is 0 Å². The maximum atomic E-state index is 11.0. The van der Waals surface area contributed by atoms with E-state index in [4.69, 9.17) is 5.11 Å². The number of rotatable bonds is 3. The first-order chi connectivity index (χ1) is 10.1. The minimum Gasteiger partial charge on any atom is -0.478 e. The molecule has 5 heteroatoms. The number of para-hydroxylation sites is 1. The van der Waals surface area contributed by atoms with Gasteiger partial charge in [-0.3, -0.25) is 0 Å². The van der Waals surface area contributed by atoms with Crippen LogP contribution < -0.4 is 0 Å². The highest BCUT2D eigenvalue weighted by Gasteiger charge is 2.09. The molecule has 0 amide bonds. The van der Waals surface area contributed by atoms with Gasteiger partial charge >= 0.3 is 5.97 Å². The number of hydrogen-bond donors (Lipinski definition) is 1. The summed E-state index contributed by atoms with van der Waals surface area (Å²) in [5, 5.41) is 10.9. The molecule has 0 bridgehead atoms. The van der Waals surface area contributed by atoms with Crippen LogP contribution >= 0.6 is 11.8 Å². The first-order valence-electron chi connectivity index (χ1n) is 6.36. The molecule has 3 aromatic rings. The Morgan fingerprint density at radius 1 is 1.14 bits per heavy atom. The SMILES string of the molecule is Cc1cc(C(=O)O)ccc1Sc1ncnc2ccccc12. The quantitative estimate of drug-likeness (QED) is 0.745. The van der Waals surface area contributed by atoms with Gasteiger partial charge in [0.15, 0.2) is 0 Å². The fourth-order valence-electron chi connectivity index (χ4n) is 2.06. The summed E-state index contributed by atoms with van der Waals surface area (Å²) in [5.74, 6) is -0.915. The monoisotopic (exact) mass is 296 g/mol. The Kier molecular flexibility index (Phi) is 3.58.